The average molecular weight is 414 g/mol. The first-order valence-electron chi connectivity index (χ1n) is 9.76. The number of nitrogens with zero attached hydrogens (tertiary/aromatic N) is 3. The number of rotatable bonds is 2. The number of amides is 1. The molecule has 156 valence electrons. The van der Waals surface area contributed by atoms with Crippen LogP contribution < -0.4 is 5.32 Å². The average Bonchev–Trinajstić information content (AvgIpc) is 3.26. The summed E-state index contributed by atoms with van der Waals surface area (Å²) in [5, 5.41) is 12.8. The lowest BCUT2D eigenvalue weighted by Gasteiger charge is -2.23. The van der Waals surface area contributed by atoms with E-state index in [-0.39, 0.29) is 23.1 Å². The molecule has 8 heteroatoms. The molecule has 30 heavy (non-hydrogen) atoms. The predicted molar refractivity (Wildman–Crippen MR) is 104 cm³/mol. The summed E-state index contributed by atoms with van der Waals surface area (Å²) in [7, 11) is 1.78. The zero-order valence-corrected chi connectivity index (χ0v) is 16.7. The van der Waals surface area contributed by atoms with Crippen LogP contribution in [0.1, 0.15) is 47.8 Å². The number of nitrogens with one attached hydrogen (secondary N) is 1. The molecule has 0 bridgehead atoms. The first-order chi connectivity index (χ1) is 14.1. The Labute approximate surface area is 172 Å². The molecular weight excluding hydrogens is 393 g/mol. The number of hydrogen-bond acceptors (Lipinski definition) is 4. The highest BCUT2D eigenvalue weighted by Gasteiger charge is 2.50. The minimum absolute atomic E-state index is 0.0718. The molecule has 0 saturated carbocycles. The van der Waals surface area contributed by atoms with Crippen LogP contribution in [0.4, 0.5) is 13.2 Å². The summed E-state index contributed by atoms with van der Waals surface area (Å²) in [6.07, 6.45) is -2.37. The highest BCUT2D eigenvalue weighted by atomic mass is 19.4. The lowest BCUT2D eigenvalue weighted by atomic mass is 9.95. The summed E-state index contributed by atoms with van der Waals surface area (Å²) >= 11 is 0. The molecule has 2 atom stereocenters. The molecule has 5 nitrogen and oxygen atoms in total. The molecule has 1 N–H and O–H groups in total. The van der Waals surface area contributed by atoms with Crippen LogP contribution >= 0.6 is 0 Å². The third kappa shape index (κ3) is 3.43. The number of benzene rings is 1. The third-order valence-corrected chi connectivity index (χ3v) is 6.05. The molecule has 1 spiro atoms. The van der Waals surface area contributed by atoms with Crippen molar-refractivity contribution in [2.24, 2.45) is 0 Å². The van der Waals surface area contributed by atoms with Gasteiger partial charge in [0, 0.05) is 24.8 Å². The number of carbonyl (C=O) groups excluding carboxylic acids is 1. The zero-order valence-electron chi connectivity index (χ0n) is 16.7. The molecule has 2 fully saturated rings. The monoisotopic (exact) mass is 414 g/mol. The van der Waals surface area contributed by atoms with Gasteiger partial charge in [-0.3, -0.25) is 15.1 Å². The van der Waals surface area contributed by atoms with Crippen molar-refractivity contribution >= 4 is 5.91 Å². The summed E-state index contributed by atoms with van der Waals surface area (Å²) in [6, 6.07) is 8.34. The highest BCUT2D eigenvalue weighted by molar-refractivity contribution is 5.88. The number of aromatic nitrogens is 1. The Bertz CT molecular complexity index is 1060. The minimum atomic E-state index is -4.50. The van der Waals surface area contributed by atoms with Gasteiger partial charge in [-0.15, -0.1) is 0 Å². The number of halogens is 3. The summed E-state index contributed by atoms with van der Waals surface area (Å²) < 4.78 is 39.7. The van der Waals surface area contributed by atoms with Crippen LogP contribution in [-0.4, -0.2) is 34.9 Å². The van der Waals surface area contributed by atoms with Crippen molar-refractivity contribution in [3.05, 3.63) is 52.8 Å². The molecule has 4 rings (SSSR count). The Morgan fingerprint density at radius 1 is 1.27 bits per heavy atom. The molecule has 0 aliphatic carbocycles. The van der Waals surface area contributed by atoms with E-state index in [1.54, 1.807) is 31.0 Å². The van der Waals surface area contributed by atoms with E-state index >= 15 is 0 Å². The van der Waals surface area contributed by atoms with Gasteiger partial charge < -0.3 is 4.90 Å². The summed E-state index contributed by atoms with van der Waals surface area (Å²) in [5.41, 5.74) is 0.833. The smallest absolute Gasteiger partial charge is 0.344 e. The fourth-order valence-electron chi connectivity index (χ4n) is 4.47. The van der Waals surface area contributed by atoms with Gasteiger partial charge in [-0.1, -0.05) is 0 Å². The number of hydrogen-bond donors (Lipinski definition) is 1. The van der Waals surface area contributed by atoms with Gasteiger partial charge in [0.25, 0.3) is 0 Å². The van der Waals surface area contributed by atoms with Crippen LogP contribution in [0.25, 0.3) is 11.1 Å². The van der Waals surface area contributed by atoms with Gasteiger partial charge in [-0.05, 0) is 62.1 Å². The van der Waals surface area contributed by atoms with Crippen molar-refractivity contribution in [3.8, 4) is 17.2 Å². The molecule has 1 amide bonds. The maximum atomic E-state index is 13.2. The summed E-state index contributed by atoms with van der Waals surface area (Å²) in [5.74, 6) is 0.0718. The zero-order chi connectivity index (χ0) is 21.7. The predicted octanol–water partition coefficient (Wildman–Crippen LogP) is 3.97. The largest absolute Gasteiger partial charge is 0.416 e. The van der Waals surface area contributed by atoms with E-state index in [4.69, 9.17) is 0 Å². The molecule has 2 saturated heterocycles. The van der Waals surface area contributed by atoms with Crippen LogP contribution in [0.2, 0.25) is 0 Å². The topological polar surface area (TPSA) is 69.0 Å². The van der Waals surface area contributed by atoms with Gasteiger partial charge in [0.15, 0.2) is 0 Å². The lowest BCUT2D eigenvalue weighted by molar-refractivity contribution is -0.137. The molecule has 1 aromatic carbocycles. The molecule has 1 aromatic heterocycles. The van der Waals surface area contributed by atoms with E-state index in [1.165, 1.54) is 6.07 Å². The van der Waals surface area contributed by atoms with Gasteiger partial charge in [-0.25, -0.2) is 0 Å². The number of carbonyl (C=O) groups is 1. The fourth-order valence-corrected chi connectivity index (χ4v) is 4.47. The van der Waals surface area contributed by atoms with E-state index in [0.717, 1.165) is 18.6 Å². The van der Waals surface area contributed by atoms with E-state index < -0.39 is 17.3 Å². The van der Waals surface area contributed by atoms with Crippen molar-refractivity contribution in [2.75, 3.05) is 13.6 Å². The van der Waals surface area contributed by atoms with Gasteiger partial charge >= 0.3 is 6.18 Å². The Kier molecular flexibility index (Phi) is 4.82. The fraction of sp³-hybridized carbons (Fsp3) is 0.409. The van der Waals surface area contributed by atoms with Crippen LogP contribution in [-0.2, 0) is 11.0 Å². The normalized spacial score (nSPS) is 23.9. The molecule has 2 aliphatic rings. The van der Waals surface area contributed by atoms with Crippen LogP contribution in [0.15, 0.2) is 30.3 Å². The lowest BCUT2D eigenvalue weighted by Crippen LogP contribution is -2.47. The van der Waals surface area contributed by atoms with Crippen molar-refractivity contribution in [1.29, 1.82) is 5.26 Å². The third-order valence-electron chi connectivity index (χ3n) is 6.05. The van der Waals surface area contributed by atoms with E-state index in [2.05, 4.69) is 10.3 Å². The maximum Gasteiger partial charge on any atom is 0.416 e. The van der Waals surface area contributed by atoms with E-state index in [0.29, 0.717) is 36.3 Å². The SMILES string of the molecule is Cc1cc(-c2cc(C(F)(F)F)ccc2C#N)cc([C@H]2CC[C@@]3(CCN(C)C3=O)N2)n1. The van der Waals surface area contributed by atoms with Crippen molar-refractivity contribution in [2.45, 2.75) is 43.9 Å². The molecule has 2 aliphatic heterocycles. The van der Waals surface area contributed by atoms with Gasteiger partial charge in [-0.2, -0.15) is 18.4 Å². The van der Waals surface area contributed by atoms with Gasteiger partial charge in [0.05, 0.1) is 28.9 Å². The number of likely N-dealkylation sites (tertiary alicyclic amines) is 1. The van der Waals surface area contributed by atoms with Crippen molar-refractivity contribution in [1.82, 2.24) is 15.2 Å². The Morgan fingerprint density at radius 2 is 2.03 bits per heavy atom. The Balaban J connectivity index is 1.72. The molecular formula is C22H21F3N4O. The molecule has 0 unspecified atom stereocenters. The molecule has 3 heterocycles. The van der Waals surface area contributed by atoms with E-state index in [9.17, 15) is 23.2 Å². The number of pyridine rings is 1. The Morgan fingerprint density at radius 3 is 2.67 bits per heavy atom. The second-order valence-electron chi connectivity index (χ2n) is 8.09. The number of likely N-dealkylation sites (N-methyl/N-ethyl adjacent to an activating group) is 1. The number of alkyl halides is 3. The first-order valence-corrected chi connectivity index (χ1v) is 9.76. The van der Waals surface area contributed by atoms with Crippen molar-refractivity contribution < 1.29 is 18.0 Å². The van der Waals surface area contributed by atoms with Gasteiger partial charge in [0.2, 0.25) is 5.91 Å². The Hall–Kier alpha value is -2.92. The number of aryl methyl sites for hydroxylation is 1. The van der Waals surface area contributed by atoms with Crippen molar-refractivity contribution in [3.63, 3.8) is 0 Å². The van der Waals surface area contributed by atoms with Gasteiger partial charge in [0.1, 0.15) is 5.54 Å². The quantitative estimate of drug-likeness (QED) is 0.807. The second-order valence-corrected chi connectivity index (χ2v) is 8.09. The van der Waals surface area contributed by atoms with Crippen LogP contribution in [0, 0.1) is 18.3 Å². The first kappa shape index (κ1) is 20.4. The molecule has 2 aromatic rings. The molecule has 0 radical (unpaired) electrons. The highest BCUT2D eigenvalue weighted by Crippen LogP contribution is 2.40. The van der Waals surface area contributed by atoms with Crippen LogP contribution in [0.5, 0.6) is 0 Å². The standard InChI is InChI=1S/C22H21F3N4O/c1-13-9-15(17-11-16(22(23,24)25)4-3-14(17)12-26)10-19(27-13)18-5-6-21(28-18)7-8-29(2)20(21)30/h3-4,9-11,18,28H,5-8H2,1-2H3/t18-,21+/m1/s1. The minimum Gasteiger partial charge on any atom is -0.344 e. The number of nitriles is 1. The summed E-state index contributed by atoms with van der Waals surface area (Å²) in [4.78, 5) is 18.9. The van der Waals surface area contributed by atoms with Crippen LogP contribution in [0.3, 0.4) is 0 Å². The summed E-state index contributed by atoms with van der Waals surface area (Å²) in [6.45, 7) is 2.46. The maximum absolute atomic E-state index is 13.2. The van der Waals surface area contributed by atoms with E-state index in [1.807, 2.05) is 6.07 Å². The second kappa shape index (κ2) is 7.10.